The van der Waals surface area contributed by atoms with Gasteiger partial charge in [0.15, 0.2) is 5.75 Å². The molecule has 1 aromatic heterocycles. The molecule has 39 heavy (non-hydrogen) atoms. The summed E-state index contributed by atoms with van der Waals surface area (Å²) in [6.07, 6.45) is -3.28. The van der Waals surface area contributed by atoms with E-state index >= 15 is 0 Å². The number of carboxylic acid groups (broad SMARTS) is 1. The topological polar surface area (TPSA) is 111 Å². The first-order chi connectivity index (χ1) is 18.3. The van der Waals surface area contributed by atoms with Gasteiger partial charge in [0.1, 0.15) is 11.8 Å². The van der Waals surface area contributed by atoms with Gasteiger partial charge in [0, 0.05) is 11.6 Å². The summed E-state index contributed by atoms with van der Waals surface area (Å²) in [4.78, 5) is 40.4. The molecule has 0 aliphatic carbocycles. The molecule has 13 heteroatoms. The standard InChI is InChI=1S/C26H18Cl2F3N3O5/c1-13(25(37)38)33-23(35)15-8-19(27)22(20(28)9-15)39-17-5-6-18-21(10-17)32-12-34(24(18)36)11-14-3-2-4-16(7-14)26(29,30)31/h2-10,12-13H,11H2,1H3,(H,33,35)(H,37,38)/t13-/m1/s1. The van der Waals surface area contributed by atoms with E-state index in [1.54, 1.807) is 0 Å². The Morgan fingerprint density at radius 2 is 1.79 bits per heavy atom. The second-order valence-electron chi connectivity index (χ2n) is 8.46. The largest absolute Gasteiger partial charge is 0.480 e. The zero-order valence-corrected chi connectivity index (χ0v) is 21.4. The van der Waals surface area contributed by atoms with Gasteiger partial charge in [0.05, 0.1) is 39.4 Å². The first kappa shape index (κ1) is 27.9. The average molecular weight is 580 g/mol. The third-order valence-electron chi connectivity index (χ3n) is 5.60. The highest BCUT2D eigenvalue weighted by Gasteiger charge is 2.30. The number of alkyl halides is 3. The van der Waals surface area contributed by atoms with Crippen LogP contribution in [0.15, 0.2) is 65.7 Å². The van der Waals surface area contributed by atoms with Gasteiger partial charge in [-0.3, -0.25) is 19.0 Å². The van der Waals surface area contributed by atoms with E-state index in [0.29, 0.717) is 0 Å². The van der Waals surface area contributed by atoms with E-state index in [1.165, 1.54) is 60.3 Å². The zero-order chi connectivity index (χ0) is 28.5. The van der Waals surface area contributed by atoms with Crippen molar-refractivity contribution in [3.05, 3.63) is 98.0 Å². The second-order valence-corrected chi connectivity index (χ2v) is 9.27. The molecule has 0 saturated heterocycles. The molecule has 4 aromatic rings. The Bertz CT molecular complexity index is 1630. The van der Waals surface area contributed by atoms with Crippen molar-refractivity contribution in [3.8, 4) is 11.5 Å². The molecule has 1 atom stereocenters. The maximum atomic E-state index is 13.0. The van der Waals surface area contributed by atoms with E-state index in [4.69, 9.17) is 33.0 Å². The van der Waals surface area contributed by atoms with Gasteiger partial charge >= 0.3 is 12.1 Å². The van der Waals surface area contributed by atoms with Gasteiger partial charge in [-0.15, -0.1) is 0 Å². The van der Waals surface area contributed by atoms with Crippen molar-refractivity contribution in [2.75, 3.05) is 0 Å². The van der Waals surface area contributed by atoms with E-state index in [0.717, 1.165) is 12.1 Å². The molecule has 0 spiro atoms. The first-order valence-electron chi connectivity index (χ1n) is 11.2. The van der Waals surface area contributed by atoms with Crippen LogP contribution in [0.1, 0.15) is 28.4 Å². The number of benzene rings is 3. The minimum Gasteiger partial charge on any atom is -0.480 e. The van der Waals surface area contributed by atoms with Crippen molar-refractivity contribution in [1.82, 2.24) is 14.9 Å². The lowest BCUT2D eigenvalue weighted by molar-refractivity contribution is -0.139. The van der Waals surface area contributed by atoms with Crippen LogP contribution in [0.3, 0.4) is 0 Å². The number of ether oxygens (including phenoxy) is 1. The van der Waals surface area contributed by atoms with Gasteiger partial charge in [0.2, 0.25) is 0 Å². The number of aliphatic carboxylic acids is 1. The van der Waals surface area contributed by atoms with Crippen molar-refractivity contribution < 1.29 is 32.6 Å². The number of carboxylic acids is 1. The van der Waals surface area contributed by atoms with Gasteiger partial charge in [-0.25, -0.2) is 4.98 Å². The summed E-state index contributed by atoms with van der Waals surface area (Å²) in [5.41, 5.74) is -0.724. The number of nitrogens with zero attached hydrogens (tertiary/aromatic N) is 2. The fraction of sp³-hybridized carbons (Fsp3) is 0.154. The molecule has 0 aliphatic rings. The van der Waals surface area contributed by atoms with Gasteiger partial charge < -0.3 is 15.2 Å². The van der Waals surface area contributed by atoms with Gasteiger partial charge in [-0.2, -0.15) is 13.2 Å². The van der Waals surface area contributed by atoms with Crippen LogP contribution in [-0.2, 0) is 17.5 Å². The number of rotatable bonds is 7. The number of nitrogens with one attached hydrogen (secondary N) is 1. The number of hydrogen-bond donors (Lipinski definition) is 2. The van der Waals surface area contributed by atoms with E-state index in [1.807, 2.05) is 0 Å². The molecule has 3 aromatic carbocycles. The van der Waals surface area contributed by atoms with Gasteiger partial charge in [-0.1, -0.05) is 35.3 Å². The number of halogens is 5. The minimum absolute atomic E-state index is 0.0124. The number of aromatic nitrogens is 2. The number of fused-ring (bicyclic) bond motifs is 1. The second kappa shape index (κ2) is 11.0. The van der Waals surface area contributed by atoms with Crippen molar-refractivity contribution >= 4 is 46.0 Å². The van der Waals surface area contributed by atoms with Crippen molar-refractivity contribution in [1.29, 1.82) is 0 Å². The van der Waals surface area contributed by atoms with Crippen molar-refractivity contribution in [2.45, 2.75) is 25.7 Å². The van der Waals surface area contributed by atoms with Crippen molar-refractivity contribution in [3.63, 3.8) is 0 Å². The monoisotopic (exact) mass is 579 g/mol. The van der Waals surface area contributed by atoms with Crippen LogP contribution in [0.4, 0.5) is 13.2 Å². The molecule has 202 valence electrons. The Hall–Kier alpha value is -4.09. The third-order valence-corrected chi connectivity index (χ3v) is 6.16. The van der Waals surface area contributed by atoms with E-state index in [9.17, 15) is 27.6 Å². The molecular weight excluding hydrogens is 562 g/mol. The normalized spacial score (nSPS) is 12.3. The fourth-order valence-electron chi connectivity index (χ4n) is 3.61. The summed E-state index contributed by atoms with van der Waals surface area (Å²) in [6, 6.07) is 10.4. The maximum Gasteiger partial charge on any atom is 0.416 e. The third kappa shape index (κ3) is 6.32. The van der Waals surface area contributed by atoms with E-state index in [-0.39, 0.29) is 50.1 Å². The lowest BCUT2D eigenvalue weighted by atomic mass is 10.1. The zero-order valence-electron chi connectivity index (χ0n) is 19.9. The summed E-state index contributed by atoms with van der Waals surface area (Å²) in [5.74, 6) is -1.69. The van der Waals surface area contributed by atoms with E-state index in [2.05, 4.69) is 10.3 Å². The van der Waals surface area contributed by atoms with E-state index < -0.39 is 35.2 Å². The molecule has 1 heterocycles. The number of hydrogen-bond acceptors (Lipinski definition) is 5. The first-order valence-corrected chi connectivity index (χ1v) is 11.9. The van der Waals surface area contributed by atoms with Crippen LogP contribution >= 0.6 is 23.2 Å². The van der Waals surface area contributed by atoms with Crippen LogP contribution in [0.2, 0.25) is 10.0 Å². The van der Waals surface area contributed by atoms with Crippen LogP contribution in [0.5, 0.6) is 11.5 Å². The van der Waals surface area contributed by atoms with Gasteiger partial charge in [-0.05, 0) is 48.9 Å². The summed E-state index contributed by atoms with van der Waals surface area (Å²) in [7, 11) is 0. The number of amides is 1. The Labute approximate surface area is 228 Å². The molecular formula is C26H18Cl2F3N3O5. The lowest BCUT2D eigenvalue weighted by Gasteiger charge is -2.14. The predicted molar refractivity (Wildman–Crippen MR) is 138 cm³/mol. The minimum atomic E-state index is -4.50. The highest BCUT2D eigenvalue weighted by atomic mass is 35.5. The molecule has 8 nitrogen and oxygen atoms in total. The summed E-state index contributed by atoms with van der Waals surface area (Å²) >= 11 is 12.5. The maximum absolute atomic E-state index is 13.0. The SMILES string of the molecule is C[C@@H](NC(=O)c1cc(Cl)c(Oc2ccc3c(=O)n(Cc4cccc(C(F)(F)F)c4)cnc3c2)c(Cl)c1)C(=O)O. The fourth-order valence-corrected chi connectivity index (χ4v) is 4.17. The number of carbonyl (C=O) groups is 2. The Morgan fingerprint density at radius 1 is 1.10 bits per heavy atom. The highest BCUT2D eigenvalue weighted by Crippen LogP contribution is 2.38. The Kier molecular flexibility index (Phi) is 7.84. The number of carbonyl (C=O) groups excluding carboxylic acids is 1. The molecule has 0 aliphatic heterocycles. The molecule has 4 rings (SSSR count). The Morgan fingerprint density at radius 3 is 2.44 bits per heavy atom. The summed E-state index contributed by atoms with van der Waals surface area (Å²) in [5, 5.41) is 11.4. The quantitative estimate of drug-likeness (QED) is 0.288. The van der Waals surface area contributed by atoms with Crippen LogP contribution < -0.4 is 15.6 Å². The average Bonchev–Trinajstić information content (AvgIpc) is 2.87. The molecule has 2 N–H and O–H groups in total. The Balaban J connectivity index is 1.57. The molecule has 0 unspecified atom stereocenters. The van der Waals surface area contributed by atoms with Crippen LogP contribution in [0.25, 0.3) is 10.9 Å². The molecule has 0 fully saturated rings. The van der Waals surface area contributed by atoms with Crippen molar-refractivity contribution in [2.24, 2.45) is 0 Å². The van der Waals surface area contributed by atoms with Crippen LogP contribution in [0, 0.1) is 0 Å². The summed E-state index contributed by atoms with van der Waals surface area (Å²) in [6.45, 7) is 1.19. The molecule has 1 amide bonds. The molecule has 0 saturated carbocycles. The predicted octanol–water partition coefficient (Wildman–Crippen LogP) is 5.77. The molecule has 0 bridgehead atoms. The van der Waals surface area contributed by atoms with Crippen LogP contribution in [-0.4, -0.2) is 32.6 Å². The highest BCUT2D eigenvalue weighted by molar-refractivity contribution is 6.37. The smallest absolute Gasteiger partial charge is 0.416 e. The molecule has 0 radical (unpaired) electrons. The van der Waals surface area contributed by atoms with Gasteiger partial charge in [0.25, 0.3) is 11.5 Å². The summed E-state index contributed by atoms with van der Waals surface area (Å²) < 4.78 is 46.0. The lowest BCUT2D eigenvalue weighted by Crippen LogP contribution is -2.38.